The van der Waals surface area contributed by atoms with E-state index in [0.29, 0.717) is 0 Å². The van der Waals surface area contributed by atoms with Crippen molar-refractivity contribution in [3.8, 4) is 0 Å². The van der Waals surface area contributed by atoms with Crippen molar-refractivity contribution in [3.63, 3.8) is 0 Å². The number of hydrogen-bond acceptors (Lipinski definition) is 12. The van der Waals surface area contributed by atoms with E-state index in [1.54, 1.807) is 0 Å². The summed E-state index contributed by atoms with van der Waals surface area (Å²) in [5, 5.41) is 20.1. The first kappa shape index (κ1) is 19.2. The van der Waals surface area contributed by atoms with Crippen molar-refractivity contribution in [3.05, 3.63) is 0 Å². The van der Waals surface area contributed by atoms with Crippen LogP contribution in [0, 0.1) is 0 Å². The van der Waals surface area contributed by atoms with E-state index in [4.69, 9.17) is 37.4 Å². The van der Waals surface area contributed by atoms with E-state index in [0.717, 1.165) is 0 Å². The summed E-state index contributed by atoms with van der Waals surface area (Å²) in [7, 11) is -4.76. The molecule has 7 N–H and O–H groups in total. The molecule has 0 amide bonds. The van der Waals surface area contributed by atoms with Gasteiger partial charge in [0.15, 0.2) is 0 Å². The van der Waals surface area contributed by atoms with E-state index in [1.807, 2.05) is 0 Å². The minimum atomic E-state index is -4.76. The van der Waals surface area contributed by atoms with Gasteiger partial charge < -0.3 is 0 Å². The Hall–Kier alpha value is -1.15. The number of aliphatic hydroxyl groups excluding tert-OH is 2. The molecule has 0 unspecified atom stereocenters. The van der Waals surface area contributed by atoms with E-state index in [9.17, 15) is 10.2 Å². The van der Waals surface area contributed by atoms with Crippen molar-refractivity contribution in [2.75, 3.05) is 13.2 Å². The third-order valence-corrected chi connectivity index (χ3v) is 3.85. The van der Waals surface area contributed by atoms with Crippen LogP contribution in [0.4, 0.5) is 0 Å². The van der Waals surface area contributed by atoms with Crippen LogP contribution >= 0.6 is 20.4 Å². The van der Waals surface area contributed by atoms with Gasteiger partial charge in [0.05, 0.1) is 0 Å². The first-order chi connectivity index (χ1) is 11.2. The molecule has 0 radical (unpaired) electrons. The molecular weight excluding hydrogens is 365 g/mol. The molecule has 14 heteroatoms. The fourth-order valence-corrected chi connectivity index (χ4v) is 2.56. The number of guanidine groups is 1. The molecule has 1 fully saturated rings. The molecule has 136 valence electrons. The van der Waals surface area contributed by atoms with Crippen LogP contribution in [0.25, 0.3) is 0 Å². The molecular formula is C10H18N5O7PS. The van der Waals surface area contributed by atoms with Gasteiger partial charge in [-0.1, -0.05) is 0 Å². The van der Waals surface area contributed by atoms with Gasteiger partial charge in [0.1, 0.15) is 0 Å². The minimum absolute atomic E-state index is 0.0709. The SMILES string of the molecule is NC1=N/C(=S)C/N=C\N([C@@H]2O[C@H](CO[PH](O)(O)O)[C@H](O)[C@@H]2O)\C=N\1. The molecule has 0 aromatic carbocycles. The van der Waals surface area contributed by atoms with Crippen molar-refractivity contribution in [1.29, 1.82) is 0 Å². The van der Waals surface area contributed by atoms with Crippen LogP contribution in [0.3, 0.4) is 0 Å². The summed E-state index contributed by atoms with van der Waals surface area (Å²) in [5.74, 6) is -0.111. The molecule has 1 saturated heterocycles. The number of aliphatic imine (C=N–C) groups is 3. The zero-order valence-electron chi connectivity index (χ0n) is 12.2. The van der Waals surface area contributed by atoms with Gasteiger partial charge in [0.25, 0.3) is 0 Å². The van der Waals surface area contributed by atoms with Gasteiger partial charge in [0, 0.05) is 0 Å². The Morgan fingerprint density at radius 2 is 2.04 bits per heavy atom. The molecule has 0 saturated carbocycles. The number of hydrogen-bond donors (Lipinski definition) is 6. The van der Waals surface area contributed by atoms with Crippen molar-refractivity contribution < 1.29 is 34.2 Å². The van der Waals surface area contributed by atoms with Crippen LogP contribution in [0.15, 0.2) is 15.0 Å². The molecule has 0 aliphatic carbocycles. The van der Waals surface area contributed by atoms with Crippen molar-refractivity contribution in [2.45, 2.75) is 24.5 Å². The first-order valence-electron chi connectivity index (χ1n) is 6.68. The van der Waals surface area contributed by atoms with Gasteiger partial charge in [0.2, 0.25) is 0 Å². The van der Waals surface area contributed by atoms with Gasteiger partial charge >= 0.3 is 141 Å². The van der Waals surface area contributed by atoms with Crippen LogP contribution in [-0.2, 0) is 9.26 Å². The van der Waals surface area contributed by atoms with Crippen molar-refractivity contribution in [2.24, 2.45) is 20.7 Å². The Labute approximate surface area is 142 Å². The molecule has 0 bridgehead atoms. The van der Waals surface area contributed by atoms with Crippen molar-refractivity contribution >= 4 is 44.0 Å². The predicted octanol–water partition coefficient (Wildman–Crippen LogP) is -3.15. The number of nitrogens with two attached hydrogens (primary N) is 1. The van der Waals surface area contributed by atoms with Gasteiger partial charge in [-0.25, -0.2) is 0 Å². The van der Waals surface area contributed by atoms with Crippen LogP contribution in [0.5, 0.6) is 0 Å². The molecule has 2 rings (SSSR count). The number of thiocarbonyl (C=S) groups is 1. The number of nitrogens with zero attached hydrogens (tertiary/aromatic N) is 4. The van der Waals surface area contributed by atoms with Crippen LogP contribution in [0.2, 0.25) is 0 Å². The molecule has 0 aromatic rings. The molecule has 24 heavy (non-hydrogen) atoms. The Balaban J connectivity index is 2.10. The third-order valence-electron chi connectivity index (χ3n) is 3.08. The quantitative estimate of drug-likeness (QED) is 0.214. The van der Waals surface area contributed by atoms with Gasteiger partial charge in [-0.3, -0.25) is 0 Å². The van der Waals surface area contributed by atoms with E-state index in [1.165, 1.54) is 17.6 Å². The second-order valence-corrected chi connectivity index (χ2v) is 6.85. The van der Waals surface area contributed by atoms with E-state index >= 15 is 0 Å². The summed E-state index contributed by atoms with van der Waals surface area (Å²) in [6.45, 7) is -0.471. The van der Waals surface area contributed by atoms with Crippen molar-refractivity contribution in [1.82, 2.24) is 4.90 Å². The molecule has 2 aliphatic heterocycles. The third kappa shape index (κ3) is 5.17. The van der Waals surface area contributed by atoms with Crippen LogP contribution in [-0.4, -0.2) is 91.1 Å². The standard InChI is InChI=1S/C10H18N5O7PS/c11-10-13-4-15(3-12-1-6(24)14-10)9-8(17)7(16)5(22-9)2-21-23(18,19)20/h3-5,7-9,16-20,23H,1-2H2,(H2,11,14,24)/b12-3-,13-4+/t5-,7+,8+,9-/m1/s1. The Morgan fingerprint density at radius 3 is 2.71 bits per heavy atom. The van der Waals surface area contributed by atoms with E-state index in [2.05, 4.69) is 19.5 Å². The topological polar surface area (TPSA) is 186 Å². The number of rotatable bonds is 4. The van der Waals surface area contributed by atoms with E-state index < -0.39 is 39.3 Å². The Bertz CT molecular complexity index is 568. The monoisotopic (exact) mass is 383 g/mol. The molecule has 12 nitrogen and oxygen atoms in total. The summed E-state index contributed by atoms with van der Waals surface area (Å²) in [6.07, 6.45) is -2.57. The van der Waals surface area contributed by atoms with E-state index in [-0.39, 0.29) is 17.5 Å². The summed E-state index contributed by atoms with van der Waals surface area (Å²) >= 11 is 4.92. The summed E-state index contributed by atoms with van der Waals surface area (Å²) in [6, 6.07) is 0. The zero-order chi connectivity index (χ0) is 17.9. The Morgan fingerprint density at radius 1 is 1.33 bits per heavy atom. The summed E-state index contributed by atoms with van der Waals surface area (Å²) in [4.78, 5) is 39.6. The summed E-state index contributed by atoms with van der Waals surface area (Å²) in [5.41, 5.74) is 5.54. The number of ether oxygens (including phenoxy) is 1. The van der Waals surface area contributed by atoms with Crippen LogP contribution < -0.4 is 5.73 Å². The molecule has 0 spiro atoms. The normalized spacial score (nSPS) is 37.1. The average molecular weight is 383 g/mol. The average Bonchev–Trinajstić information content (AvgIpc) is 2.79. The molecule has 0 aromatic heterocycles. The van der Waals surface area contributed by atoms with Crippen LogP contribution in [0.1, 0.15) is 0 Å². The summed E-state index contributed by atoms with van der Waals surface area (Å²) < 4.78 is 9.84. The molecule has 4 atom stereocenters. The maximum atomic E-state index is 10.1. The second kappa shape index (κ2) is 7.82. The fourth-order valence-electron chi connectivity index (χ4n) is 2.00. The first-order valence-corrected chi connectivity index (χ1v) is 8.84. The fraction of sp³-hybridized carbons (Fsp3) is 0.600. The maximum absolute atomic E-state index is 10.1. The van der Waals surface area contributed by atoms with Gasteiger partial charge in [-0.2, -0.15) is 0 Å². The van der Waals surface area contributed by atoms with Gasteiger partial charge in [-0.15, -0.1) is 0 Å². The Kier molecular flexibility index (Phi) is 6.25. The van der Waals surface area contributed by atoms with Gasteiger partial charge in [-0.05, 0) is 0 Å². The number of aliphatic hydroxyl groups is 2. The zero-order valence-corrected chi connectivity index (χ0v) is 14.0. The molecule has 2 heterocycles. The molecule has 2 aliphatic rings. The second-order valence-electron chi connectivity index (χ2n) is 4.94. The predicted molar refractivity (Wildman–Crippen MR) is 89.5 cm³/mol.